The fourth-order valence-corrected chi connectivity index (χ4v) is 4.99. The Labute approximate surface area is 231 Å². The standard InChI is InChI=1S/C26H32F2N8O2.ClH/c1-17-18(3-2-4-33-5-7-34(8-6-33)22-10-20(27)9-21(28)11-22)13-30-36(17)25-12-24(31-26(29)32-25)35-14-19(16-37)23(38)15-35;/h2-3,9-13,19,23,37-38H,4-8,14-16H2,1H3,(H2,29,31,32);1H/b3-2+;/t19-,23-;/m0./s1. The van der Waals surface area contributed by atoms with Crippen LogP contribution in [0.25, 0.3) is 11.9 Å². The number of halogens is 3. The molecule has 210 valence electrons. The van der Waals surface area contributed by atoms with Gasteiger partial charge in [0.05, 0.1) is 24.6 Å². The third-order valence-corrected chi connectivity index (χ3v) is 7.19. The number of nitrogen functional groups attached to an aromatic ring is 1. The number of hydrogen-bond donors (Lipinski definition) is 3. The van der Waals surface area contributed by atoms with Gasteiger partial charge >= 0.3 is 0 Å². The number of anilines is 3. The molecule has 2 aliphatic rings. The number of aliphatic hydroxyl groups is 2. The highest BCUT2D eigenvalue weighted by Gasteiger charge is 2.32. The molecule has 0 aliphatic carbocycles. The molecule has 4 heterocycles. The number of β-amino-alcohol motifs (C(OH)–C–C–N with tert-alkyl or cyclic N) is 1. The summed E-state index contributed by atoms with van der Waals surface area (Å²) in [6, 6.07) is 5.40. The first-order valence-corrected chi connectivity index (χ1v) is 12.6. The molecule has 10 nitrogen and oxygen atoms in total. The summed E-state index contributed by atoms with van der Waals surface area (Å²) in [5, 5.41) is 24.1. The second-order valence-corrected chi connectivity index (χ2v) is 9.77. The summed E-state index contributed by atoms with van der Waals surface area (Å²) in [7, 11) is 0. The molecule has 0 saturated carbocycles. The Bertz CT molecular complexity index is 1290. The number of piperazine rings is 1. The molecular weight excluding hydrogens is 530 g/mol. The number of aromatic nitrogens is 4. The van der Waals surface area contributed by atoms with Crippen molar-refractivity contribution in [1.29, 1.82) is 0 Å². The van der Waals surface area contributed by atoms with Crippen LogP contribution >= 0.6 is 12.4 Å². The zero-order valence-corrected chi connectivity index (χ0v) is 22.4. The van der Waals surface area contributed by atoms with E-state index in [1.54, 1.807) is 16.9 Å². The van der Waals surface area contributed by atoms with Crippen LogP contribution in [-0.2, 0) is 0 Å². The molecule has 0 bridgehead atoms. The Hall–Kier alpha value is -3.32. The van der Waals surface area contributed by atoms with Gasteiger partial charge in [-0.15, -0.1) is 12.4 Å². The van der Waals surface area contributed by atoms with Crippen LogP contribution in [0, 0.1) is 24.5 Å². The van der Waals surface area contributed by atoms with Crippen molar-refractivity contribution in [3.63, 3.8) is 0 Å². The van der Waals surface area contributed by atoms with E-state index < -0.39 is 17.7 Å². The van der Waals surface area contributed by atoms with Gasteiger partial charge in [-0.3, -0.25) is 4.90 Å². The maximum absolute atomic E-state index is 13.6. The van der Waals surface area contributed by atoms with E-state index >= 15 is 0 Å². The van der Waals surface area contributed by atoms with Crippen LogP contribution in [0.2, 0.25) is 0 Å². The van der Waals surface area contributed by atoms with Crippen LogP contribution in [0.5, 0.6) is 0 Å². The molecule has 5 rings (SSSR count). The molecule has 0 amide bonds. The average molecular weight is 563 g/mol. The van der Waals surface area contributed by atoms with Gasteiger partial charge in [-0.1, -0.05) is 12.2 Å². The largest absolute Gasteiger partial charge is 0.396 e. The molecule has 13 heteroatoms. The van der Waals surface area contributed by atoms with Crippen molar-refractivity contribution in [3.05, 3.63) is 59.4 Å². The first-order valence-electron chi connectivity index (χ1n) is 12.6. The van der Waals surface area contributed by atoms with Crippen LogP contribution in [0.15, 0.2) is 36.5 Å². The van der Waals surface area contributed by atoms with Gasteiger partial charge in [-0.25, -0.2) is 13.5 Å². The number of nitrogens with two attached hydrogens (primary N) is 1. The zero-order valence-electron chi connectivity index (χ0n) is 21.6. The Morgan fingerprint density at radius 3 is 2.36 bits per heavy atom. The minimum absolute atomic E-state index is 0. The SMILES string of the molecule is Cc1c(/C=C/CN2CCN(c3cc(F)cc(F)c3)CC2)cnn1-c1cc(N2C[C@@H](CO)[C@@H](O)C2)nc(N)n1.Cl. The second kappa shape index (κ2) is 12.2. The summed E-state index contributed by atoms with van der Waals surface area (Å²) < 4.78 is 28.8. The lowest BCUT2D eigenvalue weighted by molar-refractivity contribution is 0.104. The third-order valence-electron chi connectivity index (χ3n) is 7.19. The second-order valence-electron chi connectivity index (χ2n) is 9.77. The first kappa shape index (κ1) is 28.7. The Balaban J connectivity index is 0.00000353. The number of rotatable bonds is 7. The van der Waals surface area contributed by atoms with Crippen LogP contribution in [0.1, 0.15) is 11.3 Å². The fourth-order valence-electron chi connectivity index (χ4n) is 4.99. The highest BCUT2D eigenvalue weighted by Crippen LogP contribution is 2.25. The van der Waals surface area contributed by atoms with Crippen LogP contribution in [0.4, 0.5) is 26.2 Å². The minimum Gasteiger partial charge on any atom is -0.396 e. The van der Waals surface area contributed by atoms with Gasteiger partial charge in [0.2, 0.25) is 5.95 Å². The molecule has 0 spiro atoms. The molecule has 2 aromatic heterocycles. The van der Waals surface area contributed by atoms with E-state index in [1.807, 2.05) is 22.8 Å². The molecule has 3 aromatic rings. The molecule has 0 unspecified atom stereocenters. The van der Waals surface area contributed by atoms with Gasteiger partial charge in [0.1, 0.15) is 17.5 Å². The molecular formula is C26H33ClF2N8O2. The minimum atomic E-state index is -0.630. The summed E-state index contributed by atoms with van der Waals surface area (Å²) in [5.74, 6) is -0.150. The lowest BCUT2D eigenvalue weighted by Crippen LogP contribution is -2.46. The average Bonchev–Trinajstić information content (AvgIpc) is 3.45. The highest BCUT2D eigenvalue weighted by atomic mass is 35.5. The monoisotopic (exact) mass is 562 g/mol. The van der Waals surface area contributed by atoms with Crippen LogP contribution in [0.3, 0.4) is 0 Å². The fraction of sp³-hybridized carbons (Fsp3) is 0.423. The Morgan fingerprint density at radius 2 is 1.69 bits per heavy atom. The van der Waals surface area contributed by atoms with Crippen molar-refractivity contribution in [3.8, 4) is 5.82 Å². The molecule has 2 fully saturated rings. The molecule has 2 atom stereocenters. The smallest absolute Gasteiger partial charge is 0.224 e. The van der Waals surface area contributed by atoms with E-state index in [4.69, 9.17) is 5.73 Å². The summed E-state index contributed by atoms with van der Waals surface area (Å²) in [4.78, 5) is 14.8. The zero-order chi connectivity index (χ0) is 26.8. The topological polar surface area (TPSA) is 120 Å². The normalized spacial score (nSPS) is 20.1. The first-order chi connectivity index (χ1) is 18.3. The predicted molar refractivity (Wildman–Crippen MR) is 148 cm³/mol. The van der Waals surface area contributed by atoms with Gasteiger partial charge in [0, 0.05) is 75.1 Å². The van der Waals surface area contributed by atoms with Gasteiger partial charge < -0.3 is 25.7 Å². The molecule has 0 radical (unpaired) electrons. The van der Waals surface area contributed by atoms with Crippen molar-refractivity contribution in [2.75, 3.05) is 68.0 Å². The Kier molecular flexibility index (Phi) is 9.01. The summed E-state index contributed by atoms with van der Waals surface area (Å²) in [6.07, 6.45) is 5.23. The van der Waals surface area contributed by atoms with Crippen LogP contribution < -0.4 is 15.5 Å². The predicted octanol–water partition coefficient (Wildman–Crippen LogP) is 1.88. The lowest BCUT2D eigenvalue weighted by atomic mass is 10.1. The summed E-state index contributed by atoms with van der Waals surface area (Å²) in [5.41, 5.74) is 8.38. The van der Waals surface area contributed by atoms with Crippen molar-refractivity contribution in [2.45, 2.75) is 13.0 Å². The number of benzene rings is 1. The molecule has 2 aliphatic heterocycles. The molecule has 4 N–H and O–H groups in total. The van der Waals surface area contributed by atoms with Gasteiger partial charge in [0.15, 0.2) is 5.82 Å². The van der Waals surface area contributed by atoms with Crippen molar-refractivity contribution < 1.29 is 19.0 Å². The molecule has 39 heavy (non-hydrogen) atoms. The maximum Gasteiger partial charge on any atom is 0.224 e. The Morgan fingerprint density at radius 1 is 1.00 bits per heavy atom. The highest BCUT2D eigenvalue weighted by molar-refractivity contribution is 5.85. The van der Waals surface area contributed by atoms with Gasteiger partial charge in [0.25, 0.3) is 0 Å². The summed E-state index contributed by atoms with van der Waals surface area (Å²) in [6.45, 7) is 6.39. The lowest BCUT2D eigenvalue weighted by Gasteiger charge is -2.35. The van der Waals surface area contributed by atoms with E-state index in [-0.39, 0.29) is 30.9 Å². The van der Waals surface area contributed by atoms with E-state index in [2.05, 4.69) is 26.0 Å². The quantitative estimate of drug-likeness (QED) is 0.396. The number of aliphatic hydroxyl groups excluding tert-OH is 2. The van der Waals surface area contributed by atoms with E-state index in [9.17, 15) is 19.0 Å². The molecule has 2 saturated heterocycles. The van der Waals surface area contributed by atoms with Gasteiger partial charge in [-0.2, -0.15) is 15.1 Å². The number of nitrogens with zero attached hydrogens (tertiary/aromatic N) is 7. The van der Waals surface area contributed by atoms with Crippen molar-refractivity contribution in [2.24, 2.45) is 5.92 Å². The van der Waals surface area contributed by atoms with Crippen molar-refractivity contribution >= 4 is 35.9 Å². The van der Waals surface area contributed by atoms with Crippen LogP contribution in [-0.4, -0.2) is 93.4 Å². The summed E-state index contributed by atoms with van der Waals surface area (Å²) >= 11 is 0. The molecule has 1 aromatic carbocycles. The maximum atomic E-state index is 13.6. The van der Waals surface area contributed by atoms with E-state index in [1.165, 1.54) is 12.1 Å². The van der Waals surface area contributed by atoms with E-state index in [0.29, 0.717) is 43.5 Å². The van der Waals surface area contributed by atoms with Crippen molar-refractivity contribution in [1.82, 2.24) is 24.6 Å². The van der Waals surface area contributed by atoms with Gasteiger partial charge in [-0.05, 0) is 19.1 Å². The number of hydrogen-bond acceptors (Lipinski definition) is 9. The third kappa shape index (κ3) is 6.47. The van der Waals surface area contributed by atoms with E-state index in [0.717, 1.165) is 37.0 Å².